The molecular weight excluding hydrogens is 277 g/mol. The SMILES string of the molecule is CCC(CC)(NC(=O)c1ccc(OC)c(F)c1)C(N)=NO. The first-order valence-corrected chi connectivity index (χ1v) is 6.58. The zero-order valence-corrected chi connectivity index (χ0v) is 12.3. The Kier molecular flexibility index (Phi) is 5.52. The van der Waals surface area contributed by atoms with Crippen LogP contribution in [-0.4, -0.2) is 29.6 Å². The summed E-state index contributed by atoms with van der Waals surface area (Å²) in [5.41, 5.74) is 4.83. The molecule has 1 aromatic rings. The molecule has 1 amide bonds. The molecule has 0 aliphatic rings. The molecular formula is C14H20FN3O3. The summed E-state index contributed by atoms with van der Waals surface area (Å²) in [5.74, 6) is -1.17. The van der Waals surface area contributed by atoms with E-state index in [1.165, 1.54) is 19.2 Å². The van der Waals surface area contributed by atoms with Crippen LogP contribution in [-0.2, 0) is 0 Å². The average molecular weight is 297 g/mol. The van der Waals surface area contributed by atoms with Gasteiger partial charge in [0.2, 0.25) is 0 Å². The summed E-state index contributed by atoms with van der Waals surface area (Å²) in [7, 11) is 1.34. The highest BCUT2D eigenvalue weighted by atomic mass is 19.1. The fourth-order valence-corrected chi connectivity index (χ4v) is 2.05. The number of carbonyl (C=O) groups excluding carboxylic acids is 1. The molecule has 0 saturated carbocycles. The number of nitrogens with two attached hydrogens (primary N) is 1. The lowest BCUT2D eigenvalue weighted by atomic mass is 9.91. The lowest BCUT2D eigenvalue weighted by Gasteiger charge is -2.31. The number of ether oxygens (including phenoxy) is 1. The topological polar surface area (TPSA) is 96.9 Å². The molecule has 1 aromatic carbocycles. The Morgan fingerprint density at radius 1 is 1.48 bits per heavy atom. The molecule has 0 aliphatic heterocycles. The maximum Gasteiger partial charge on any atom is 0.252 e. The van der Waals surface area contributed by atoms with E-state index in [2.05, 4.69) is 10.5 Å². The van der Waals surface area contributed by atoms with E-state index in [-0.39, 0.29) is 17.1 Å². The standard InChI is InChI=1S/C14H20FN3O3/c1-4-14(5-2,13(16)18-20)17-12(19)9-6-7-11(21-3)10(15)8-9/h6-8,20H,4-5H2,1-3H3,(H2,16,18)(H,17,19). The largest absolute Gasteiger partial charge is 0.494 e. The molecule has 0 bridgehead atoms. The van der Waals surface area contributed by atoms with Crippen LogP contribution in [0.1, 0.15) is 37.0 Å². The predicted molar refractivity (Wildman–Crippen MR) is 77.1 cm³/mol. The number of oxime groups is 1. The molecule has 0 unspecified atom stereocenters. The normalized spacial score (nSPS) is 12.1. The van der Waals surface area contributed by atoms with Crippen molar-refractivity contribution in [3.05, 3.63) is 29.6 Å². The number of carbonyl (C=O) groups is 1. The molecule has 0 spiro atoms. The van der Waals surface area contributed by atoms with Gasteiger partial charge in [-0.25, -0.2) is 4.39 Å². The smallest absolute Gasteiger partial charge is 0.252 e. The maximum atomic E-state index is 13.6. The number of hydrogen-bond donors (Lipinski definition) is 3. The summed E-state index contributed by atoms with van der Waals surface area (Å²) < 4.78 is 18.4. The fraction of sp³-hybridized carbons (Fsp3) is 0.429. The first-order chi connectivity index (χ1) is 9.93. The number of nitrogens with one attached hydrogen (secondary N) is 1. The van der Waals surface area contributed by atoms with Gasteiger partial charge in [0, 0.05) is 5.56 Å². The molecule has 0 aliphatic carbocycles. The second kappa shape index (κ2) is 6.92. The molecule has 1 rings (SSSR count). The minimum Gasteiger partial charge on any atom is -0.494 e. The third kappa shape index (κ3) is 3.42. The molecule has 4 N–H and O–H groups in total. The van der Waals surface area contributed by atoms with Gasteiger partial charge in [-0.15, -0.1) is 0 Å². The molecule has 6 nitrogen and oxygen atoms in total. The second-order valence-corrected chi connectivity index (χ2v) is 4.58. The first kappa shape index (κ1) is 16.7. The van der Waals surface area contributed by atoms with Crippen LogP contribution in [0.3, 0.4) is 0 Å². The van der Waals surface area contributed by atoms with Crippen LogP contribution in [0.25, 0.3) is 0 Å². The summed E-state index contributed by atoms with van der Waals surface area (Å²) >= 11 is 0. The van der Waals surface area contributed by atoms with Crippen LogP contribution in [0.4, 0.5) is 4.39 Å². The van der Waals surface area contributed by atoms with Crippen LogP contribution in [0.15, 0.2) is 23.4 Å². The average Bonchev–Trinajstić information content (AvgIpc) is 2.51. The van der Waals surface area contributed by atoms with E-state index in [0.717, 1.165) is 6.07 Å². The molecule has 21 heavy (non-hydrogen) atoms. The molecule has 0 atom stereocenters. The Balaban J connectivity index is 3.05. The molecule has 0 heterocycles. The van der Waals surface area contributed by atoms with Crippen LogP contribution in [0, 0.1) is 5.82 Å². The van der Waals surface area contributed by atoms with Crippen molar-refractivity contribution in [1.29, 1.82) is 0 Å². The fourth-order valence-electron chi connectivity index (χ4n) is 2.05. The predicted octanol–water partition coefficient (Wildman–Crippen LogP) is 1.87. The third-order valence-electron chi connectivity index (χ3n) is 3.57. The Labute approximate surface area is 122 Å². The van der Waals surface area contributed by atoms with Crippen molar-refractivity contribution in [1.82, 2.24) is 5.32 Å². The van der Waals surface area contributed by atoms with Gasteiger partial charge in [-0.05, 0) is 31.0 Å². The minimum absolute atomic E-state index is 0.0558. The van der Waals surface area contributed by atoms with Gasteiger partial charge in [0.15, 0.2) is 17.4 Å². The van der Waals surface area contributed by atoms with Gasteiger partial charge in [0.05, 0.1) is 7.11 Å². The van der Waals surface area contributed by atoms with E-state index in [1.807, 2.05) is 0 Å². The number of nitrogens with zero attached hydrogens (tertiary/aromatic N) is 1. The van der Waals surface area contributed by atoms with Crippen molar-refractivity contribution in [2.75, 3.05) is 7.11 Å². The Hall–Kier alpha value is -2.31. The zero-order valence-electron chi connectivity index (χ0n) is 12.3. The van der Waals surface area contributed by atoms with E-state index in [1.54, 1.807) is 13.8 Å². The van der Waals surface area contributed by atoms with Gasteiger partial charge >= 0.3 is 0 Å². The number of benzene rings is 1. The van der Waals surface area contributed by atoms with Gasteiger partial charge in [0.25, 0.3) is 5.91 Å². The number of methoxy groups -OCH3 is 1. The van der Waals surface area contributed by atoms with Gasteiger partial charge < -0.3 is 21.0 Å². The van der Waals surface area contributed by atoms with Crippen LogP contribution in [0.5, 0.6) is 5.75 Å². The number of amidine groups is 1. The van der Waals surface area contributed by atoms with Crippen molar-refractivity contribution in [2.24, 2.45) is 10.9 Å². The van der Waals surface area contributed by atoms with E-state index in [0.29, 0.717) is 12.8 Å². The van der Waals surface area contributed by atoms with Gasteiger partial charge in [-0.1, -0.05) is 19.0 Å². The third-order valence-corrected chi connectivity index (χ3v) is 3.57. The van der Waals surface area contributed by atoms with Crippen molar-refractivity contribution in [3.8, 4) is 5.75 Å². The molecule has 7 heteroatoms. The first-order valence-electron chi connectivity index (χ1n) is 6.58. The van der Waals surface area contributed by atoms with E-state index in [4.69, 9.17) is 15.7 Å². The van der Waals surface area contributed by atoms with E-state index < -0.39 is 17.3 Å². The van der Waals surface area contributed by atoms with Crippen molar-refractivity contribution >= 4 is 11.7 Å². The van der Waals surface area contributed by atoms with Crippen molar-refractivity contribution in [3.63, 3.8) is 0 Å². The Morgan fingerprint density at radius 2 is 2.10 bits per heavy atom. The summed E-state index contributed by atoms with van der Waals surface area (Å²) in [6, 6.07) is 3.89. The number of amides is 1. The summed E-state index contributed by atoms with van der Waals surface area (Å²) in [5, 5.41) is 14.5. The molecule has 0 saturated heterocycles. The monoisotopic (exact) mass is 297 g/mol. The summed E-state index contributed by atoms with van der Waals surface area (Å²) in [6.45, 7) is 3.60. The highest BCUT2D eigenvalue weighted by Gasteiger charge is 2.33. The van der Waals surface area contributed by atoms with Crippen LogP contribution >= 0.6 is 0 Å². The maximum absolute atomic E-state index is 13.6. The highest BCUT2D eigenvalue weighted by Crippen LogP contribution is 2.20. The summed E-state index contributed by atoms with van der Waals surface area (Å²) in [4.78, 5) is 12.2. The van der Waals surface area contributed by atoms with Gasteiger partial charge in [-0.3, -0.25) is 4.79 Å². The quantitative estimate of drug-likeness (QED) is 0.323. The molecule has 0 radical (unpaired) electrons. The number of halogens is 1. The molecule has 0 fully saturated rings. The van der Waals surface area contributed by atoms with Crippen molar-refractivity contribution < 1.29 is 19.1 Å². The number of rotatable bonds is 6. The van der Waals surface area contributed by atoms with Crippen LogP contribution < -0.4 is 15.8 Å². The Bertz CT molecular complexity index is 542. The van der Waals surface area contributed by atoms with Gasteiger partial charge in [-0.2, -0.15) is 0 Å². The van der Waals surface area contributed by atoms with Crippen molar-refractivity contribution in [2.45, 2.75) is 32.2 Å². The molecule has 0 aromatic heterocycles. The second-order valence-electron chi connectivity index (χ2n) is 4.58. The number of hydrogen-bond acceptors (Lipinski definition) is 4. The lowest BCUT2D eigenvalue weighted by molar-refractivity contribution is 0.0917. The highest BCUT2D eigenvalue weighted by molar-refractivity contribution is 6.00. The zero-order chi connectivity index (χ0) is 16.0. The molecule has 116 valence electrons. The van der Waals surface area contributed by atoms with Gasteiger partial charge in [0.1, 0.15) is 5.54 Å². The van der Waals surface area contributed by atoms with E-state index >= 15 is 0 Å². The van der Waals surface area contributed by atoms with Crippen LogP contribution in [0.2, 0.25) is 0 Å². The Morgan fingerprint density at radius 3 is 2.52 bits per heavy atom. The lowest BCUT2D eigenvalue weighted by Crippen LogP contribution is -2.56. The van der Waals surface area contributed by atoms with E-state index in [9.17, 15) is 9.18 Å². The minimum atomic E-state index is -0.970. The summed E-state index contributed by atoms with van der Waals surface area (Å²) in [6.07, 6.45) is 0.869.